The zero-order chi connectivity index (χ0) is 32.6. The second kappa shape index (κ2) is 11.1. The quantitative estimate of drug-likeness (QED) is 0.193. The van der Waals surface area contributed by atoms with Crippen molar-refractivity contribution in [2.45, 2.75) is 74.7 Å². The second-order valence-corrected chi connectivity index (χ2v) is 13.4. The molecule has 0 spiro atoms. The van der Waals surface area contributed by atoms with E-state index in [-0.39, 0.29) is 69.8 Å². The number of aromatic hydroxyl groups is 1. The number of nitrogens with zero attached hydrogens (tertiary/aromatic N) is 5. The van der Waals surface area contributed by atoms with E-state index in [1.165, 1.54) is 24.4 Å². The lowest BCUT2D eigenvalue weighted by Crippen LogP contribution is -2.45. The number of hydrogen-bond acceptors (Lipinski definition) is 7. The molecular formula is C35H33F4N5O3. The number of fused-ring (bicyclic) bond motifs is 5. The molecular weight excluding hydrogens is 614 g/mol. The number of pyridine rings is 1. The molecule has 2 bridgehead atoms. The third-order valence-electron chi connectivity index (χ3n) is 10.7. The van der Waals surface area contributed by atoms with Crippen molar-refractivity contribution in [3.05, 3.63) is 66.3 Å². The van der Waals surface area contributed by atoms with Crippen molar-refractivity contribution in [1.29, 1.82) is 0 Å². The minimum absolute atomic E-state index is 0.0295. The predicted molar refractivity (Wildman–Crippen MR) is 166 cm³/mol. The third-order valence-corrected chi connectivity index (χ3v) is 10.7. The van der Waals surface area contributed by atoms with E-state index in [1.54, 1.807) is 0 Å². The van der Waals surface area contributed by atoms with Crippen LogP contribution in [0.5, 0.6) is 11.8 Å². The number of carbonyl (C=O) groups is 1. The summed E-state index contributed by atoms with van der Waals surface area (Å²) in [7, 11) is 0. The van der Waals surface area contributed by atoms with Gasteiger partial charge in [-0.2, -0.15) is 9.97 Å². The maximum Gasteiger partial charge on any atom is 0.317 e. The first-order chi connectivity index (χ1) is 22.7. The summed E-state index contributed by atoms with van der Waals surface area (Å²) in [4.78, 5) is 30.3. The molecule has 6 heterocycles. The fourth-order valence-corrected chi connectivity index (χ4v) is 8.70. The van der Waals surface area contributed by atoms with Gasteiger partial charge in [0, 0.05) is 53.5 Å². The average Bonchev–Trinajstić information content (AvgIpc) is 3.67. The van der Waals surface area contributed by atoms with Crippen molar-refractivity contribution < 1.29 is 32.2 Å². The molecule has 0 saturated carbocycles. The lowest BCUT2D eigenvalue weighted by Gasteiger charge is -2.38. The molecule has 4 aliphatic heterocycles. The first kappa shape index (κ1) is 30.0. The van der Waals surface area contributed by atoms with E-state index in [1.807, 2.05) is 4.90 Å². The number of halogens is 4. The van der Waals surface area contributed by atoms with Gasteiger partial charge in [0.2, 0.25) is 5.91 Å². The van der Waals surface area contributed by atoms with Crippen molar-refractivity contribution in [2.24, 2.45) is 0 Å². The molecule has 8 nitrogen and oxygen atoms in total. The number of ether oxygens (including phenoxy) is 1. The van der Waals surface area contributed by atoms with E-state index >= 15 is 8.78 Å². The monoisotopic (exact) mass is 647 g/mol. The molecule has 0 aliphatic carbocycles. The minimum atomic E-state index is -1.19. The minimum Gasteiger partial charge on any atom is -0.508 e. The first-order valence-corrected chi connectivity index (χ1v) is 16.1. The fourth-order valence-electron chi connectivity index (χ4n) is 8.70. The van der Waals surface area contributed by atoms with Gasteiger partial charge >= 0.3 is 6.01 Å². The predicted octanol–water partition coefficient (Wildman–Crippen LogP) is 6.35. The summed E-state index contributed by atoms with van der Waals surface area (Å²) in [6.45, 7) is 4.91. The van der Waals surface area contributed by atoms with Gasteiger partial charge in [0.05, 0.1) is 11.2 Å². The number of piperidine rings is 1. The Morgan fingerprint density at radius 2 is 1.91 bits per heavy atom. The Hall–Kier alpha value is -4.32. The van der Waals surface area contributed by atoms with E-state index in [9.17, 15) is 18.7 Å². The highest BCUT2D eigenvalue weighted by Gasteiger charge is 2.49. The van der Waals surface area contributed by atoms with E-state index in [0.717, 1.165) is 44.4 Å². The van der Waals surface area contributed by atoms with Crippen LogP contribution in [0.15, 0.2) is 43.1 Å². The standard InChI is InChI=1S/C35H33F4N5O3/c1-2-27(46)44-21-5-6-22(44)11-19(10-21)31-25-15-40-32(24-13-23(45)12-18-4-7-26(37)29(38)28(18)24)30(39)33(25)42-34(41-31)47-17-35-8-3-9-43(35)16-20(36)14-35/h2,4,7,12-13,15,19-22,45H,1,3,5-6,8-11,14,16-17H2/t19?,20-,21-,22+,35+/m1/s1. The van der Waals surface area contributed by atoms with Crippen molar-refractivity contribution in [3.63, 3.8) is 0 Å². The number of phenols is 1. The molecule has 0 radical (unpaired) electrons. The molecule has 5 atom stereocenters. The number of benzene rings is 2. The lowest BCUT2D eigenvalue weighted by atomic mass is 9.86. The van der Waals surface area contributed by atoms with Crippen molar-refractivity contribution in [2.75, 3.05) is 19.7 Å². The number of carbonyl (C=O) groups excluding carboxylic acids is 1. The van der Waals surface area contributed by atoms with Gasteiger partial charge in [0.25, 0.3) is 0 Å². The molecule has 4 aromatic rings. The summed E-state index contributed by atoms with van der Waals surface area (Å²) in [5.74, 6) is -3.77. The first-order valence-electron chi connectivity index (χ1n) is 16.1. The van der Waals surface area contributed by atoms with Crippen LogP contribution in [0.1, 0.15) is 56.6 Å². The molecule has 4 fully saturated rings. The van der Waals surface area contributed by atoms with E-state index in [0.29, 0.717) is 36.9 Å². The van der Waals surface area contributed by atoms with Gasteiger partial charge in [0.1, 0.15) is 29.7 Å². The van der Waals surface area contributed by atoms with E-state index in [2.05, 4.69) is 21.4 Å². The van der Waals surface area contributed by atoms with Crippen molar-refractivity contribution in [1.82, 2.24) is 24.8 Å². The molecule has 2 aromatic carbocycles. The fraction of sp³-hybridized carbons (Fsp3) is 0.429. The maximum absolute atomic E-state index is 16.7. The van der Waals surface area contributed by atoms with Gasteiger partial charge < -0.3 is 14.7 Å². The van der Waals surface area contributed by atoms with Crippen molar-refractivity contribution >= 4 is 27.6 Å². The number of alkyl halides is 1. The van der Waals surface area contributed by atoms with Gasteiger partial charge in [0.15, 0.2) is 17.5 Å². The summed E-state index contributed by atoms with van der Waals surface area (Å²) < 4.78 is 66.9. The molecule has 4 aliphatic rings. The molecule has 8 rings (SSSR count). The molecule has 12 heteroatoms. The molecule has 1 amide bonds. The summed E-state index contributed by atoms with van der Waals surface area (Å²) in [5, 5.41) is 10.7. The van der Waals surface area contributed by atoms with E-state index < -0.39 is 29.2 Å². The summed E-state index contributed by atoms with van der Waals surface area (Å²) >= 11 is 0. The summed E-state index contributed by atoms with van der Waals surface area (Å²) in [5.41, 5.74) is -0.525. The van der Waals surface area contributed by atoms with Crippen LogP contribution >= 0.6 is 0 Å². The van der Waals surface area contributed by atoms with Crippen LogP contribution in [0.3, 0.4) is 0 Å². The number of phenolic OH excluding ortho intramolecular Hbond substituents is 1. The Morgan fingerprint density at radius 1 is 1.13 bits per heavy atom. The van der Waals surface area contributed by atoms with E-state index in [4.69, 9.17) is 9.72 Å². The van der Waals surface area contributed by atoms with Crippen LogP contribution in [0.4, 0.5) is 17.6 Å². The van der Waals surface area contributed by atoms with Crippen LogP contribution in [0.2, 0.25) is 0 Å². The number of aromatic nitrogens is 3. The van der Waals surface area contributed by atoms with Gasteiger partial charge in [-0.05, 0) is 74.7 Å². The van der Waals surface area contributed by atoms with Gasteiger partial charge in [-0.15, -0.1) is 0 Å². The number of rotatable bonds is 6. The Kier molecular flexibility index (Phi) is 7.12. The normalized spacial score (nSPS) is 27.1. The number of hydrogen-bond donors (Lipinski definition) is 1. The van der Waals surface area contributed by atoms with Gasteiger partial charge in [-0.25, -0.2) is 17.6 Å². The van der Waals surface area contributed by atoms with Crippen LogP contribution in [-0.2, 0) is 4.79 Å². The largest absolute Gasteiger partial charge is 0.508 e. The Bertz CT molecular complexity index is 1940. The maximum atomic E-state index is 16.7. The summed E-state index contributed by atoms with van der Waals surface area (Å²) in [6.07, 6.45) is 6.66. The summed E-state index contributed by atoms with van der Waals surface area (Å²) in [6, 6.07) is 4.53. The Labute approximate surface area is 268 Å². The van der Waals surface area contributed by atoms with Crippen LogP contribution in [-0.4, -0.2) is 79.3 Å². The molecule has 4 saturated heterocycles. The SMILES string of the molecule is C=CC(=O)N1[C@@H]2CC[C@H]1CC(c1nc(OC[C@@]34CCCN3C[C@H](F)C4)nc3c(F)c(-c4cc(O)cc5ccc(F)c(F)c45)ncc13)C2. The zero-order valence-electron chi connectivity index (χ0n) is 25.6. The molecule has 2 aromatic heterocycles. The lowest BCUT2D eigenvalue weighted by molar-refractivity contribution is -0.130. The van der Waals surface area contributed by atoms with Crippen LogP contribution in [0.25, 0.3) is 32.9 Å². The Balaban J connectivity index is 1.25. The smallest absolute Gasteiger partial charge is 0.317 e. The third kappa shape index (κ3) is 4.82. The average molecular weight is 648 g/mol. The molecule has 1 N–H and O–H groups in total. The second-order valence-electron chi connectivity index (χ2n) is 13.4. The Morgan fingerprint density at radius 3 is 2.68 bits per heavy atom. The highest BCUT2D eigenvalue weighted by molar-refractivity contribution is 5.99. The topological polar surface area (TPSA) is 91.7 Å². The molecule has 1 unspecified atom stereocenters. The van der Waals surface area contributed by atoms with Crippen LogP contribution in [0, 0.1) is 17.5 Å². The van der Waals surface area contributed by atoms with Crippen LogP contribution < -0.4 is 4.74 Å². The zero-order valence-corrected chi connectivity index (χ0v) is 25.6. The molecule has 47 heavy (non-hydrogen) atoms. The highest BCUT2D eigenvalue weighted by Crippen LogP contribution is 2.46. The van der Waals surface area contributed by atoms with Gasteiger partial charge in [-0.1, -0.05) is 12.6 Å². The highest BCUT2D eigenvalue weighted by atomic mass is 19.2. The van der Waals surface area contributed by atoms with Crippen molar-refractivity contribution in [3.8, 4) is 23.0 Å². The molecule has 244 valence electrons. The number of amides is 1. The van der Waals surface area contributed by atoms with Gasteiger partial charge in [-0.3, -0.25) is 14.7 Å².